The monoisotopic (exact) mass is 291 g/mol. The number of methoxy groups -OCH3 is 1. The second-order valence-electron chi connectivity index (χ2n) is 5.84. The largest absolute Gasteiger partial charge is 0.496 e. The van der Waals surface area contributed by atoms with Crippen LogP contribution in [0.1, 0.15) is 42.1 Å². The van der Waals surface area contributed by atoms with E-state index in [1.165, 1.54) is 7.11 Å². The first kappa shape index (κ1) is 15.4. The summed E-state index contributed by atoms with van der Waals surface area (Å²) in [7, 11) is 1.51. The summed E-state index contributed by atoms with van der Waals surface area (Å²) in [5.74, 6) is -0.649. The van der Waals surface area contributed by atoms with Crippen LogP contribution >= 0.6 is 0 Å². The van der Waals surface area contributed by atoms with Gasteiger partial charge in [0.25, 0.3) is 5.91 Å². The number of hydrogen-bond acceptors (Lipinski definition) is 3. The van der Waals surface area contributed by atoms with E-state index in [0.29, 0.717) is 24.2 Å². The number of carboxylic acids is 1. The molecule has 1 amide bonds. The highest BCUT2D eigenvalue weighted by Crippen LogP contribution is 2.38. The fourth-order valence-electron chi connectivity index (χ4n) is 2.89. The molecule has 1 aromatic rings. The molecule has 0 radical (unpaired) electrons. The van der Waals surface area contributed by atoms with Gasteiger partial charge in [-0.05, 0) is 38.8 Å². The maximum Gasteiger partial charge on any atom is 0.311 e. The summed E-state index contributed by atoms with van der Waals surface area (Å²) in [6.45, 7) is 3.59. The zero-order valence-corrected chi connectivity index (χ0v) is 12.6. The van der Waals surface area contributed by atoms with Crippen LogP contribution < -0.4 is 10.1 Å². The second kappa shape index (κ2) is 5.76. The van der Waals surface area contributed by atoms with E-state index < -0.39 is 11.4 Å². The lowest BCUT2D eigenvalue weighted by atomic mass is 9.85. The SMILES string of the molecule is COc1ccc(C)cc1C(=O)NC1CCCC1(C)C(=O)O. The van der Waals surface area contributed by atoms with Crippen molar-refractivity contribution in [3.8, 4) is 5.75 Å². The van der Waals surface area contributed by atoms with Gasteiger partial charge >= 0.3 is 5.97 Å². The molecule has 2 N–H and O–H groups in total. The molecular weight excluding hydrogens is 270 g/mol. The number of hydrogen-bond donors (Lipinski definition) is 2. The molecule has 21 heavy (non-hydrogen) atoms. The van der Waals surface area contributed by atoms with E-state index in [-0.39, 0.29) is 11.9 Å². The Morgan fingerprint density at radius 1 is 1.43 bits per heavy atom. The zero-order valence-electron chi connectivity index (χ0n) is 12.6. The van der Waals surface area contributed by atoms with E-state index in [0.717, 1.165) is 12.0 Å². The molecule has 1 fully saturated rings. The highest BCUT2D eigenvalue weighted by atomic mass is 16.5. The van der Waals surface area contributed by atoms with Crippen molar-refractivity contribution in [3.05, 3.63) is 29.3 Å². The number of aryl methyl sites for hydroxylation is 1. The fourth-order valence-corrected chi connectivity index (χ4v) is 2.89. The number of carbonyl (C=O) groups is 2. The van der Waals surface area contributed by atoms with Gasteiger partial charge in [0, 0.05) is 6.04 Å². The molecule has 2 rings (SSSR count). The molecule has 2 unspecified atom stereocenters. The number of benzene rings is 1. The molecular formula is C16H21NO4. The molecule has 1 saturated carbocycles. The third-order valence-corrected chi connectivity index (χ3v) is 4.35. The lowest BCUT2D eigenvalue weighted by Crippen LogP contribution is -2.47. The van der Waals surface area contributed by atoms with Crippen LogP contribution in [0.15, 0.2) is 18.2 Å². The quantitative estimate of drug-likeness (QED) is 0.893. The van der Waals surface area contributed by atoms with Crippen molar-refractivity contribution in [2.45, 2.75) is 39.2 Å². The molecule has 1 aliphatic carbocycles. The second-order valence-corrected chi connectivity index (χ2v) is 5.84. The molecule has 0 bridgehead atoms. The lowest BCUT2D eigenvalue weighted by molar-refractivity contribution is -0.148. The van der Waals surface area contributed by atoms with Gasteiger partial charge in [0.2, 0.25) is 0 Å². The highest BCUT2D eigenvalue weighted by Gasteiger charge is 2.46. The average molecular weight is 291 g/mol. The van der Waals surface area contributed by atoms with Crippen molar-refractivity contribution in [1.82, 2.24) is 5.32 Å². The molecule has 114 valence electrons. The first-order chi connectivity index (χ1) is 9.88. The Morgan fingerprint density at radius 3 is 2.76 bits per heavy atom. The Kier molecular flexibility index (Phi) is 4.21. The minimum atomic E-state index is -0.896. The third-order valence-electron chi connectivity index (χ3n) is 4.35. The number of amides is 1. The van der Waals surface area contributed by atoms with Crippen LogP contribution in [0.25, 0.3) is 0 Å². The van der Waals surface area contributed by atoms with Crippen molar-refractivity contribution in [2.75, 3.05) is 7.11 Å². The highest BCUT2D eigenvalue weighted by molar-refractivity contribution is 5.97. The molecule has 2 atom stereocenters. The molecule has 0 heterocycles. The van der Waals surface area contributed by atoms with Gasteiger partial charge in [-0.2, -0.15) is 0 Å². The zero-order chi connectivity index (χ0) is 15.6. The van der Waals surface area contributed by atoms with Crippen LogP contribution in [0.4, 0.5) is 0 Å². The molecule has 5 heteroatoms. The van der Waals surface area contributed by atoms with Gasteiger partial charge in [0.15, 0.2) is 0 Å². The first-order valence-corrected chi connectivity index (χ1v) is 7.07. The van der Waals surface area contributed by atoms with Crippen LogP contribution in [0.3, 0.4) is 0 Å². The first-order valence-electron chi connectivity index (χ1n) is 7.07. The van der Waals surface area contributed by atoms with Crippen LogP contribution in [0, 0.1) is 12.3 Å². The Labute approximate surface area is 124 Å². The number of carboxylic acid groups (broad SMARTS) is 1. The van der Waals surface area contributed by atoms with Crippen molar-refractivity contribution < 1.29 is 19.4 Å². The van der Waals surface area contributed by atoms with Gasteiger partial charge in [-0.1, -0.05) is 18.1 Å². The number of rotatable bonds is 4. The summed E-state index contributed by atoms with van der Waals surface area (Å²) in [5, 5.41) is 12.3. The number of aliphatic carboxylic acids is 1. The molecule has 1 aliphatic rings. The smallest absolute Gasteiger partial charge is 0.311 e. The predicted molar refractivity (Wildman–Crippen MR) is 78.6 cm³/mol. The number of nitrogens with one attached hydrogen (secondary N) is 1. The Bertz CT molecular complexity index is 569. The van der Waals surface area contributed by atoms with E-state index >= 15 is 0 Å². The summed E-state index contributed by atoms with van der Waals surface area (Å²) in [6, 6.07) is 5.01. The Hall–Kier alpha value is -2.04. The minimum Gasteiger partial charge on any atom is -0.496 e. The van der Waals surface area contributed by atoms with E-state index in [4.69, 9.17) is 4.74 Å². The van der Waals surface area contributed by atoms with Crippen molar-refractivity contribution in [1.29, 1.82) is 0 Å². The van der Waals surface area contributed by atoms with Crippen LogP contribution in [-0.4, -0.2) is 30.1 Å². The molecule has 0 saturated heterocycles. The van der Waals surface area contributed by atoms with E-state index in [2.05, 4.69) is 5.32 Å². The van der Waals surface area contributed by atoms with E-state index in [1.54, 1.807) is 19.1 Å². The van der Waals surface area contributed by atoms with Gasteiger partial charge < -0.3 is 15.2 Å². The topological polar surface area (TPSA) is 75.6 Å². The standard InChI is InChI=1S/C16H21NO4/c1-10-6-7-12(21-3)11(9-10)14(18)17-13-5-4-8-16(13,2)15(19)20/h6-7,9,13H,4-5,8H2,1-3H3,(H,17,18)(H,19,20). The summed E-state index contributed by atoms with van der Waals surface area (Å²) in [6.07, 6.45) is 2.07. The van der Waals surface area contributed by atoms with E-state index in [1.807, 2.05) is 13.0 Å². The van der Waals surface area contributed by atoms with Crippen LogP contribution in [0.5, 0.6) is 5.75 Å². The van der Waals surface area contributed by atoms with Gasteiger partial charge in [-0.15, -0.1) is 0 Å². The normalized spacial score (nSPS) is 24.6. The predicted octanol–water partition coefficient (Wildman–Crippen LogP) is 2.38. The maximum atomic E-state index is 12.5. The summed E-state index contributed by atoms with van der Waals surface area (Å²) < 4.78 is 5.21. The van der Waals surface area contributed by atoms with Crippen LogP contribution in [-0.2, 0) is 4.79 Å². The molecule has 1 aromatic carbocycles. The third kappa shape index (κ3) is 2.86. The van der Waals surface area contributed by atoms with Crippen molar-refractivity contribution in [2.24, 2.45) is 5.41 Å². The lowest BCUT2D eigenvalue weighted by Gasteiger charge is -2.28. The number of carbonyl (C=O) groups excluding carboxylic acids is 1. The molecule has 0 spiro atoms. The molecule has 0 aliphatic heterocycles. The van der Waals surface area contributed by atoms with Gasteiger partial charge in [0.1, 0.15) is 5.75 Å². The van der Waals surface area contributed by atoms with Gasteiger partial charge in [-0.3, -0.25) is 9.59 Å². The maximum absolute atomic E-state index is 12.5. The fraction of sp³-hybridized carbons (Fsp3) is 0.500. The minimum absolute atomic E-state index is 0.282. The van der Waals surface area contributed by atoms with Crippen molar-refractivity contribution >= 4 is 11.9 Å². The van der Waals surface area contributed by atoms with Crippen LogP contribution in [0.2, 0.25) is 0 Å². The van der Waals surface area contributed by atoms with Gasteiger partial charge in [0.05, 0.1) is 18.1 Å². The summed E-state index contributed by atoms with van der Waals surface area (Å²) in [5.41, 5.74) is 0.498. The summed E-state index contributed by atoms with van der Waals surface area (Å²) >= 11 is 0. The molecule has 0 aromatic heterocycles. The Balaban J connectivity index is 2.22. The Morgan fingerprint density at radius 2 is 2.14 bits per heavy atom. The molecule has 5 nitrogen and oxygen atoms in total. The van der Waals surface area contributed by atoms with E-state index in [9.17, 15) is 14.7 Å². The average Bonchev–Trinajstić information content (AvgIpc) is 2.81. The van der Waals surface area contributed by atoms with Gasteiger partial charge in [-0.25, -0.2) is 0 Å². The number of ether oxygens (including phenoxy) is 1. The van der Waals surface area contributed by atoms with Crippen molar-refractivity contribution in [3.63, 3.8) is 0 Å². The summed E-state index contributed by atoms with van der Waals surface area (Å²) in [4.78, 5) is 23.9.